The van der Waals surface area contributed by atoms with E-state index < -0.39 is 0 Å². The topological polar surface area (TPSA) is 67.9 Å². The van der Waals surface area contributed by atoms with Crippen LogP contribution in [0.15, 0.2) is 24.3 Å². The van der Waals surface area contributed by atoms with Gasteiger partial charge in [-0.15, -0.1) is 0 Å². The molecule has 142 valence electrons. The van der Waals surface area contributed by atoms with E-state index in [2.05, 4.69) is 5.32 Å². The van der Waals surface area contributed by atoms with E-state index in [1.165, 1.54) is 6.92 Å². The lowest BCUT2D eigenvalue weighted by molar-refractivity contribution is -0.119. The molecule has 1 aromatic rings. The van der Waals surface area contributed by atoms with Crippen molar-refractivity contribution < 1.29 is 19.1 Å². The molecule has 6 heteroatoms. The molecule has 6 nitrogen and oxygen atoms in total. The van der Waals surface area contributed by atoms with Crippen molar-refractivity contribution in [1.82, 2.24) is 10.2 Å². The first-order valence-corrected chi connectivity index (χ1v) is 9.50. The molecule has 0 aliphatic carbocycles. The second-order valence-electron chi connectivity index (χ2n) is 7.14. The number of benzene rings is 1. The van der Waals surface area contributed by atoms with Crippen LogP contribution in [0.25, 0.3) is 0 Å². The number of rotatable bonds is 6. The summed E-state index contributed by atoms with van der Waals surface area (Å²) in [6.45, 7) is 5.10. The van der Waals surface area contributed by atoms with Gasteiger partial charge < -0.3 is 19.7 Å². The van der Waals surface area contributed by atoms with Crippen LogP contribution in [0.5, 0.6) is 5.75 Å². The van der Waals surface area contributed by atoms with Gasteiger partial charge in [0.1, 0.15) is 12.4 Å². The minimum atomic E-state index is 0.00492. The Morgan fingerprint density at radius 1 is 1.19 bits per heavy atom. The molecule has 2 saturated heterocycles. The highest BCUT2D eigenvalue weighted by Gasteiger charge is 2.23. The Morgan fingerprint density at radius 3 is 2.54 bits per heavy atom. The zero-order valence-corrected chi connectivity index (χ0v) is 15.4. The Hall–Kier alpha value is -2.08. The minimum Gasteiger partial charge on any atom is -0.491 e. The van der Waals surface area contributed by atoms with Gasteiger partial charge >= 0.3 is 0 Å². The van der Waals surface area contributed by atoms with Gasteiger partial charge in [0, 0.05) is 38.7 Å². The first kappa shape index (κ1) is 18.7. The molecule has 1 aromatic carbocycles. The average molecular weight is 360 g/mol. The van der Waals surface area contributed by atoms with Crippen LogP contribution in [0.1, 0.15) is 43.0 Å². The van der Waals surface area contributed by atoms with E-state index in [9.17, 15) is 9.59 Å². The van der Waals surface area contributed by atoms with Crippen molar-refractivity contribution in [3.63, 3.8) is 0 Å². The van der Waals surface area contributed by atoms with Crippen LogP contribution in [0.3, 0.4) is 0 Å². The lowest BCUT2D eigenvalue weighted by atomic mass is 9.96. The van der Waals surface area contributed by atoms with Crippen LogP contribution >= 0.6 is 0 Å². The van der Waals surface area contributed by atoms with Crippen LogP contribution in [0.4, 0.5) is 0 Å². The van der Waals surface area contributed by atoms with E-state index >= 15 is 0 Å². The smallest absolute Gasteiger partial charge is 0.253 e. The van der Waals surface area contributed by atoms with E-state index in [1.807, 2.05) is 29.2 Å². The molecule has 0 radical (unpaired) electrons. The molecule has 2 amide bonds. The lowest BCUT2D eigenvalue weighted by Gasteiger charge is -2.32. The average Bonchev–Trinajstić information content (AvgIpc) is 3.18. The SMILES string of the molecule is CC(=O)NCC1CCN(C(=O)c2ccc(OCC3CCCO3)cc2)CC1. The molecule has 2 heterocycles. The van der Waals surface area contributed by atoms with Gasteiger partial charge in [0.15, 0.2) is 0 Å². The van der Waals surface area contributed by atoms with Crippen molar-refractivity contribution in [2.75, 3.05) is 32.8 Å². The van der Waals surface area contributed by atoms with Crippen LogP contribution in [-0.4, -0.2) is 55.7 Å². The van der Waals surface area contributed by atoms with E-state index in [0.29, 0.717) is 24.6 Å². The van der Waals surface area contributed by atoms with Gasteiger partial charge in [-0.1, -0.05) is 0 Å². The molecular weight excluding hydrogens is 332 g/mol. The van der Waals surface area contributed by atoms with Gasteiger partial charge in [-0.25, -0.2) is 0 Å². The molecule has 2 aliphatic rings. The highest BCUT2D eigenvalue weighted by atomic mass is 16.5. The first-order chi connectivity index (χ1) is 12.6. The van der Waals surface area contributed by atoms with Gasteiger partial charge in [-0.2, -0.15) is 0 Å². The molecule has 1 N–H and O–H groups in total. The van der Waals surface area contributed by atoms with Crippen LogP contribution < -0.4 is 10.1 Å². The Kier molecular flexibility index (Phi) is 6.50. The number of carbonyl (C=O) groups excluding carboxylic acids is 2. The Balaban J connectivity index is 1.45. The molecular formula is C20H28N2O4. The van der Waals surface area contributed by atoms with Crippen molar-refractivity contribution in [1.29, 1.82) is 0 Å². The predicted molar refractivity (Wildman–Crippen MR) is 98.2 cm³/mol. The highest BCUT2D eigenvalue weighted by Crippen LogP contribution is 2.20. The summed E-state index contributed by atoms with van der Waals surface area (Å²) in [6, 6.07) is 7.37. The van der Waals surface area contributed by atoms with E-state index in [4.69, 9.17) is 9.47 Å². The molecule has 26 heavy (non-hydrogen) atoms. The molecule has 0 saturated carbocycles. The number of ether oxygens (including phenoxy) is 2. The summed E-state index contributed by atoms with van der Waals surface area (Å²) < 4.78 is 11.3. The van der Waals surface area contributed by atoms with Crippen molar-refractivity contribution in [2.45, 2.75) is 38.7 Å². The molecule has 3 rings (SSSR count). The predicted octanol–water partition coefficient (Wildman–Crippen LogP) is 2.23. The number of carbonyl (C=O) groups is 2. The molecule has 2 fully saturated rings. The van der Waals surface area contributed by atoms with Crippen LogP contribution in [0.2, 0.25) is 0 Å². The van der Waals surface area contributed by atoms with Gasteiger partial charge in [-0.05, 0) is 55.9 Å². The Labute approximate surface area is 154 Å². The van der Waals surface area contributed by atoms with Crippen LogP contribution in [0, 0.1) is 5.92 Å². The third-order valence-electron chi connectivity index (χ3n) is 5.10. The quantitative estimate of drug-likeness (QED) is 0.845. The maximum Gasteiger partial charge on any atom is 0.253 e. The fraction of sp³-hybridized carbons (Fsp3) is 0.600. The number of likely N-dealkylation sites (tertiary alicyclic amines) is 1. The molecule has 1 unspecified atom stereocenters. The highest BCUT2D eigenvalue weighted by molar-refractivity contribution is 5.94. The third-order valence-corrected chi connectivity index (χ3v) is 5.10. The zero-order valence-electron chi connectivity index (χ0n) is 15.4. The zero-order chi connectivity index (χ0) is 18.4. The Morgan fingerprint density at radius 2 is 1.92 bits per heavy atom. The van der Waals surface area contributed by atoms with Gasteiger partial charge in [-0.3, -0.25) is 9.59 Å². The maximum atomic E-state index is 12.6. The third kappa shape index (κ3) is 5.21. The monoisotopic (exact) mass is 360 g/mol. The van der Waals surface area contributed by atoms with Crippen molar-refractivity contribution in [3.05, 3.63) is 29.8 Å². The molecule has 2 aliphatic heterocycles. The Bertz CT molecular complexity index is 603. The summed E-state index contributed by atoms with van der Waals surface area (Å²) in [6.07, 6.45) is 4.19. The lowest BCUT2D eigenvalue weighted by Crippen LogP contribution is -2.41. The van der Waals surface area contributed by atoms with Crippen molar-refractivity contribution in [3.8, 4) is 5.75 Å². The van der Waals surface area contributed by atoms with Gasteiger partial charge in [0.25, 0.3) is 5.91 Å². The van der Waals surface area contributed by atoms with Gasteiger partial charge in [0.2, 0.25) is 5.91 Å². The fourth-order valence-corrected chi connectivity index (χ4v) is 3.47. The summed E-state index contributed by atoms with van der Waals surface area (Å²) in [7, 11) is 0. The summed E-state index contributed by atoms with van der Waals surface area (Å²) in [5, 5.41) is 2.86. The second kappa shape index (κ2) is 9.03. The van der Waals surface area contributed by atoms with Crippen molar-refractivity contribution in [2.24, 2.45) is 5.92 Å². The number of nitrogens with zero attached hydrogens (tertiary/aromatic N) is 1. The number of piperidine rings is 1. The number of hydrogen-bond acceptors (Lipinski definition) is 4. The molecule has 1 atom stereocenters. The largest absolute Gasteiger partial charge is 0.491 e. The van der Waals surface area contributed by atoms with E-state index in [0.717, 1.165) is 51.1 Å². The first-order valence-electron chi connectivity index (χ1n) is 9.50. The summed E-state index contributed by atoms with van der Waals surface area (Å²) in [5.41, 5.74) is 0.690. The second-order valence-corrected chi connectivity index (χ2v) is 7.14. The molecule has 0 spiro atoms. The fourth-order valence-electron chi connectivity index (χ4n) is 3.47. The van der Waals surface area contributed by atoms with Crippen LogP contribution in [-0.2, 0) is 9.53 Å². The van der Waals surface area contributed by atoms with Gasteiger partial charge in [0.05, 0.1) is 6.10 Å². The van der Waals surface area contributed by atoms with Crippen molar-refractivity contribution >= 4 is 11.8 Å². The number of amides is 2. The summed E-state index contributed by atoms with van der Waals surface area (Å²) >= 11 is 0. The molecule has 0 bridgehead atoms. The summed E-state index contributed by atoms with van der Waals surface area (Å²) in [5.74, 6) is 1.29. The standard InChI is InChI=1S/C20H28N2O4/c1-15(23)21-13-16-8-10-22(11-9-16)20(24)17-4-6-18(7-5-17)26-14-19-3-2-12-25-19/h4-7,16,19H,2-3,8-14H2,1H3,(H,21,23). The number of hydrogen-bond donors (Lipinski definition) is 1. The minimum absolute atomic E-state index is 0.00492. The number of nitrogens with one attached hydrogen (secondary N) is 1. The maximum absolute atomic E-state index is 12.6. The van der Waals surface area contributed by atoms with E-state index in [1.54, 1.807) is 0 Å². The molecule has 0 aromatic heterocycles. The summed E-state index contributed by atoms with van der Waals surface area (Å²) in [4.78, 5) is 25.5. The normalized spacial score (nSPS) is 20.8. The van der Waals surface area contributed by atoms with E-state index in [-0.39, 0.29) is 17.9 Å².